The van der Waals surface area contributed by atoms with E-state index in [0.717, 1.165) is 5.92 Å². The second kappa shape index (κ2) is 7.91. The Morgan fingerprint density at radius 2 is 1.00 bits per heavy atom. The molecule has 4 aromatic rings. The maximum Gasteiger partial charge on any atom is -0.00961 e. The molecule has 0 bridgehead atoms. The summed E-state index contributed by atoms with van der Waals surface area (Å²) in [6.07, 6.45) is 1.23. The summed E-state index contributed by atoms with van der Waals surface area (Å²) in [5, 5.41) is 8.18. The molecule has 0 nitrogen and oxygen atoms in total. The summed E-state index contributed by atoms with van der Waals surface area (Å²) < 4.78 is 0. The van der Waals surface area contributed by atoms with Gasteiger partial charge in [-0.1, -0.05) is 101 Å². The first kappa shape index (κ1) is 18.5. The molecule has 4 rings (SSSR count). The molecule has 0 saturated heterocycles. The first-order chi connectivity index (χ1) is 12.6. The Morgan fingerprint density at radius 3 is 1.46 bits per heavy atom. The molecule has 0 heterocycles. The fourth-order valence-electron chi connectivity index (χ4n) is 4.07. The number of fused-ring (bicyclic) bond motifs is 6. The highest BCUT2D eigenvalue weighted by Crippen LogP contribution is 2.36. The van der Waals surface area contributed by atoms with Crippen molar-refractivity contribution in [3.8, 4) is 0 Å². The van der Waals surface area contributed by atoms with Crippen LogP contribution in [0.3, 0.4) is 0 Å². The van der Waals surface area contributed by atoms with Crippen LogP contribution in [-0.4, -0.2) is 0 Å². The quantitative estimate of drug-likeness (QED) is 0.328. The van der Waals surface area contributed by atoms with Crippen molar-refractivity contribution in [2.24, 2.45) is 5.92 Å². The van der Waals surface area contributed by atoms with Crippen molar-refractivity contribution < 1.29 is 0 Å². The molecule has 0 aliphatic heterocycles. The molecule has 0 fully saturated rings. The predicted octanol–water partition coefficient (Wildman–Crippen LogP) is 8.32. The van der Waals surface area contributed by atoms with Crippen molar-refractivity contribution >= 4 is 32.3 Å². The minimum atomic E-state index is 0.597. The molecule has 134 valence electrons. The van der Waals surface area contributed by atoms with Gasteiger partial charge in [0.25, 0.3) is 0 Å². The van der Waals surface area contributed by atoms with Gasteiger partial charge in [-0.3, -0.25) is 0 Å². The molecule has 0 heteroatoms. The second-order valence-corrected chi connectivity index (χ2v) is 7.43. The molecule has 4 aromatic carbocycles. The van der Waals surface area contributed by atoms with Gasteiger partial charge in [0.05, 0.1) is 0 Å². The van der Waals surface area contributed by atoms with E-state index in [1.165, 1.54) is 44.3 Å². The standard InChI is InChI=1S/C24H24.C2H6/c1-16(2)14-17(3)18-12-13-23-21-10-5-4-8-19(21)20-9-6-7-11-22(20)24(23)15-18;1-2/h4-13,15-17H,14H2,1-3H3;1-2H3. The summed E-state index contributed by atoms with van der Waals surface area (Å²) in [5.74, 6) is 1.32. The molecular weight excluding hydrogens is 312 g/mol. The Kier molecular flexibility index (Phi) is 5.61. The summed E-state index contributed by atoms with van der Waals surface area (Å²) in [6.45, 7) is 11.0. The van der Waals surface area contributed by atoms with Gasteiger partial charge in [-0.15, -0.1) is 0 Å². The monoisotopic (exact) mass is 342 g/mol. The van der Waals surface area contributed by atoms with Crippen molar-refractivity contribution in [1.29, 1.82) is 0 Å². The van der Waals surface area contributed by atoms with Gasteiger partial charge < -0.3 is 0 Å². The third kappa shape index (κ3) is 3.33. The summed E-state index contributed by atoms with van der Waals surface area (Å²) in [5.41, 5.74) is 1.46. The molecule has 0 spiro atoms. The highest BCUT2D eigenvalue weighted by molar-refractivity contribution is 6.25. The lowest BCUT2D eigenvalue weighted by atomic mass is 9.88. The van der Waals surface area contributed by atoms with Crippen LogP contribution in [0, 0.1) is 5.92 Å². The largest absolute Gasteiger partial charge is 0.0683 e. The van der Waals surface area contributed by atoms with E-state index in [1.54, 1.807) is 0 Å². The van der Waals surface area contributed by atoms with Crippen molar-refractivity contribution in [3.05, 3.63) is 72.3 Å². The summed E-state index contributed by atoms with van der Waals surface area (Å²) in [6, 6.07) is 24.7. The van der Waals surface area contributed by atoms with Gasteiger partial charge >= 0.3 is 0 Å². The molecular formula is C26H30. The minimum absolute atomic E-state index is 0.597. The van der Waals surface area contributed by atoms with Crippen molar-refractivity contribution in [3.63, 3.8) is 0 Å². The summed E-state index contributed by atoms with van der Waals surface area (Å²) >= 11 is 0. The first-order valence-corrected chi connectivity index (χ1v) is 9.98. The molecule has 0 saturated carbocycles. The molecule has 26 heavy (non-hydrogen) atoms. The zero-order valence-electron chi connectivity index (χ0n) is 16.7. The third-order valence-corrected chi connectivity index (χ3v) is 5.16. The van der Waals surface area contributed by atoms with Crippen LogP contribution in [0.5, 0.6) is 0 Å². The fraction of sp³-hybridized carbons (Fsp3) is 0.308. The zero-order chi connectivity index (χ0) is 18.7. The molecule has 1 atom stereocenters. The van der Waals surface area contributed by atoms with Gasteiger partial charge in [0.2, 0.25) is 0 Å². The molecule has 0 aromatic heterocycles. The van der Waals surface area contributed by atoms with Crippen LogP contribution in [0.4, 0.5) is 0 Å². The zero-order valence-corrected chi connectivity index (χ0v) is 16.7. The lowest BCUT2D eigenvalue weighted by Gasteiger charge is -2.17. The Balaban J connectivity index is 0.000000948. The van der Waals surface area contributed by atoms with Gasteiger partial charge in [-0.2, -0.15) is 0 Å². The van der Waals surface area contributed by atoms with Crippen molar-refractivity contribution in [2.45, 2.75) is 47.0 Å². The Morgan fingerprint density at radius 1 is 0.577 bits per heavy atom. The fourth-order valence-corrected chi connectivity index (χ4v) is 4.07. The summed E-state index contributed by atoms with van der Waals surface area (Å²) in [4.78, 5) is 0. The van der Waals surface area contributed by atoms with E-state index >= 15 is 0 Å². The maximum atomic E-state index is 2.43. The Hall–Kier alpha value is -2.34. The Labute approximate surface area is 157 Å². The smallest absolute Gasteiger partial charge is 0.00961 e. The minimum Gasteiger partial charge on any atom is -0.0683 e. The van der Waals surface area contributed by atoms with Crippen molar-refractivity contribution in [1.82, 2.24) is 0 Å². The van der Waals surface area contributed by atoms with Gasteiger partial charge in [0.15, 0.2) is 0 Å². The van der Waals surface area contributed by atoms with E-state index in [2.05, 4.69) is 87.5 Å². The number of rotatable bonds is 3. The van der Waals surface area contributed by atoms with Crippen LogP contribution in [0.1, 0.15) is 52.5 Å². The van der Waals surface area contributed by atoms with Gasteiger partial charge in [-0.05, 0) is 56.1 Å². The number of hydrogen-bond donors (Lipinski definition) is 0. The topological polar surface area (TPSA) is 0 Å². The maximum absolute atomic E-state index is 2.43. The molecule has 0 radical (unpaired) electrons. The lowest BCUT2D eigenvalue weighted by molar-refractivity contribution is 0.524. The van der Waals surface area contributed by atoms with E-state index in [-0.39, 0.29) is 0 Å². The van der Waals surface area contributed by atoms with Crippen molar-refractivity contribution in [2.75, 3.05) is 0 Å². The van der Waals surface area contributed by atoms with E-state index < -0.39 is 0 Å². The highest BCUT2D eigenvalue weighted by Gasteiger charge is 2.12. The average Bonchev–Trinajstić information content (AvgIpc) is 2.69. The van der Waals surface area contributed by atoms with Gasteiger partial charge in [0, 0.05) is 0 Å². The van der Waals surface area contributed by atoms with E-state index in [1.807, 2.05) is 13.8 Å². The van der Waals surface area contributed by atoms with Crippen LogP contribution in [0.25, 0.3) is 32.3 Å². The normalized spacial score (nSPS) is 12.4. The SMILES string of the molecule is CC.CC(C)CC(C)c1ccc2c3ccccc3c3ccccc3c2c1. The van der Waals surface area contributed by atoms with Crippen LogP contribution in [-0.2, 0) is 0 Å². The predicted molar refractivity (Wildman–Crippen MR) is 118 cm³/mol. The molecule has 0 aliphatic rings. The molecule has 0 amide bonds. The van der Waals surface area contributed by atoms with Gasteiger partial charge in [0.1, 0.15) is 0 Å². The highest BCUT2D eigenvalue weighted by atomic mass is 14.2. The average molecular weight is 343 g/mol. The van der Waals surface area contributed by atoms with Crippen LogP contribution >= 0.6 is 0 Å². The molecule has 0 aliphatic carbocycles. The second-order valence-electron chi connectivity index (χ2n) is 7.43. The van der Waals surface area contributed by atoms with E-state index in [9.17, 15) is 0 Å². The third-order valence-electron chi connectivity index (χ3n) is 5.16. The first-order valence-electron chi connectivity index (χ1n) is 9.98. The Bertz CT molecular complexity index is 989. The lowest BCUT2D eigenvalue weighted by Crippen LogP contribution is -1.98. The van der Waals surface area contributed by atoms with Crippen LogP contribution < -0.4 is 0 Å². The van der Waals surface area contributed by atoms with Crippen LogP contribution in [0.2, 0.25) is 0 Å². The van der Waals surface area contributed by atoms with E-state index in [0.29, 0.717) is 5.92 Å². The summed E-state index contributed by atoms with van der Waals surface area (Å²) in [7, 11) is 0. The molecule has 1 unspecified atom stereocenters. The van der Waals surface area contributed by atoms with E-state index in [4.69, 9.17) is 0 Å². The number of hydrogen-bond acceptors (Lipinski definition) is 0. The molecule has 0 N–H and O–H groups in total. The number of benzene rings is 4. The van der Waals surface area contributed by atoms with Gasteiger partial charge in [-0.25, -0.2) is 0 Å². The van der Waals surface area contributed by atoms with Crippen LogP contribution in [0.15, 0.2) is 66.7 Å².